The molecule has 3 heteroatoms. The predicted octanol–water partition coefficient (Wildman–Crippen LogP) is 6.50. The first-order valence-electron chi connectivity index (χ1n) is 10.0. The van der Waals surface area contributed by atoms with E-state index >= 15 is 0 Å². The van der Waals surface area contributed by atoms with E-state index < -0.39 is 0 Å². The van der Waals surface area contributed by atoms with Gasteiger partial charge >= 0.3 is 0 Å². The van der Waals surface area contributed by atoms with Crippen molar-refractivity contribution in [2.45, 2.75) is 55.7 Å². The lowest BCUT2D eigenvalue weighted by Gasteiger charge is -2.33. The number of anilines is 2. The summed E-state index contributed by atoms with van der Waals surface area (Å²) >= 11 is 1.90. The van der Waals surface area contributed by atoms with Gasteiger partial charge in [-0.2, -0.15) is 0 Å². The Morgan fingerprint density at radius 1 is 0.885 bits per heavy atom. The number of unbranched alkanes of at least 4 members (excludes halogenated alkanes) is 3. The second-order valence-corrected chi connectivity index (χ2v) is 8.49. The highest BCUT2D eigenvalue weighted by Gasteiger charge is 2.22. The third-order valence-corrected chi connectivity index (χ3v) is 6.19. The number of fused-ring (bicyclic) bond motifs is 2. The highest BCUT2D eigenvalue weighted by atomic mass is 32.2. The molecule has 26 heavy (non-hydrogen) atoms. The molecule has 0 spiro atoms. The largest absolute Gasteiger partial charge is 0.340 e. The quantitative estimate of drug-likeness (QED) is 0.466. The Morgan fingerprint density at radius 2 is 1.65 bits per heavy atom. The lowest BCUT2D eigenvalue weighted by Crippen LogP contribution is -2.22. The molecule has 0 amide bonds. The second kappa shape index (κ2) is 9.48. The molecular weight excluding hydrogens is 336 g/mol. The minimum absolute atomic E-state index is 1.11. The van der Waals surface area contributed by atoms with E-state index in [1.807, 2.05) is 11.8 Å². The van der Waals surface area contributed by atoms with Crippen LogP contribution in [0, 0.1) is 6.92 Å². The average molecular weight is 369 g/mol. The summed E-state index contributed by atoms with van der Waals surface area (Å²) in [7, 11) is 2.24. The molecule has 0 atom stereocenters. The molecule has 0 radical (unpaired) electrons. The van der Waals surface area contributed by atoms with Crippen LogP contribution in [-0.2, 0) is 0 Å². The van der Waals surface area contributed by atoms with Gasteiger partial charge in [-0.25, -0.2) is 0 Å². The van der Waals surface area contributed by atoms with Gasteiger partial charge in [0.05, 0.1) is 11.4 Å². The van der Waals surface area contributed by atoms with E-state index in [0.29, 0.717) is 0 Å². The van der Waals surface area contributed by atoms with E-state index in [9.17, 15) is 0 Å². The van der Waals surface area contributed by atoms with Crippen LogP contribution in [0.5, 0.6) is 0 Å². The first-order chi connectivity index (χ1) is 12.7. The van der Waals surface area contributed by atoms with Gasteiger partial charge in [0.1, 0.15) is 0 Å². The second-order valence-electron chi connectivity index (χ2n) is 7.41. The standard InChI is InChI=1S/C23H32N2S/c1-4-15-24(3)16-9-5-6-10-17-25-20-11-7-8-12-22(20)26-23-14-13-19(2)18-21(23)25/h7-8,11-14,18H,4-6,9-10,15-17H2,1-3H3. The maximum absolute atomic E-state index is 2.54. The Kier molecular flexibility index (Phi) is 7.04. The van der Waals surface area contributed by atoms with Crippen molar-refractivity contribution >= 4 is 23.1 Å². The molecule has 3 rings (SSSR count). The van der Waals surface area contributed by atoms with E-state index in [1.165, 1.54) is 71.9 Å². The van der Waals surface area contributed by atoms with Gasteiger partial charge in [-0.15, -0.1) is 0 Å². The molecule has 0 aromatic heterocycles. The van der Waals surface area contributed by atoms with E-state index in [-0.39, 0.29) is 0 Å². The molecule has 0 fully saturated rings. The summed E-state index contributed by atoms with van der Waals surface area (Å²) in [6.07, 6.45) is 6.47. The summed E-state index contributed by atoms with van der Waals surface area (Å²) in [5, 5.41) is 0. The van der Waals surface area contributed by atoms with Crippen molar-refractivity contribution in [1.29, 1.82) is 0 Å². The molecule has 1 aliphatic heterocycles. The molecule has 2 nitrogen and oxygen atoms in total. The van der Waals surface area contributed by atoms with E-state index in [0.717, 1.165) is 6.54 Å². The number of hydrogen-bond donors (Lipinski definition) is 0. The summed E-state index contributed by atoms with van der Waals surface area (Å²) in [6, 6.07) is 15.7. The Bertz CT molecular complexity index is 713. The van der Waals surface area contributed by atoms with Gasteiger partial charge in [-0.05, 0) is 76.2 Å². The zero-order valence-electron chi connectivity index (χ0n) is 16.5. The average Bonchev–Trinajstić information content (AvgIpc) is 2.64. The first-order valence-corrected chi connectivity index (χ1v) is 10.8. The normalized spacial score (nSPS) is 13.0. The van der Waals surface area contributed by atoms with Gasteiger partial charge in [-0.1, -0.05) is 49.7 Å². The fourth-order valence-corrected chi connectivity index (χ4v) is 4.76. The molecule has 0 bridgehead atoms. The van der Waals surface area contributed by atoms with Crippen LogP contribution in [-0.4, -0.2) is 31.6 Å². The van der Waals surface area contributed by atoms with E-state index in [2.05, 4.69) is 73.2 Å². The third-order valence-electron chi connectivity index (χ3n) is 5.06. The van der Waals surface area contributed by atoms with Crippen LogP contribution in [0.25, 0.3) is 0 Å². The van der Waals surface area contributed by atoms with Crippen molar-refractivity contribution in [3.8, 4) is 0 Å². The van der Waals surface area contributed by atoms with Crippen LogP contribution in [0.15, 0.2) is 52.3 Å². The van der Waals surface area contributed by atoms with Crippen LogP contribution >= 0.6 is 11.8 Å². The first kappa shape index (κ1) is 19.3. The zero-order chi connectivity index (χ0) is 18.4. The summed E-state index contributed by atoms with van der Waals surface area (Å²) in [5.41, 5.74) is 4.10. The van der Waals surface area contributed by atoms with Gasteiger partial charge in [0.2, 0.25) is 0 Å². The predicted molar refractivity (Wildman–Crippen MR) is 115 cm³/mol. The summed E-state index contributed by atoms with van der Waals surface area (Å²) in [4.78, 5) is 7.76. The van der Waals surface area contributed by atoms with Gasteiger partial charge in [0.25, 0.3) is 0 Å². The topological polar surface area (TPSA) is 6.48 Å². The molecule has 140 valence electrons. The number of aryl methyl sites for hydroxylation is 1. The van der Waals surface area contributed by atoms with Gasteiger partial charge in [0.15, 0.2) is 0 Å². The number of nitrogens with zero attached hydrogens (tertiary/aromatic N) is 2. The Hall–Kier alpha value is -1.45. The summed E-state index contributed by atoms with van der Waals surface area (Å²) in [6.45, 7) is 8.01. The van der Waals surface area contributed by atoms with Crippen LogP contribution in [0.1, 0.15) is 44.6 Å². The number of para-hydroxylation sites is 1. The number of hydrogen-bond acceptors (Lipinski definition) is 3. The van der Waals surface area contributed by atoms with Gasteiger partial charge in [0, 0.05) is 16.3 Å². The van der Waals surface area contributed by atoms with E-state index in [4.69, 9.17) is 0 Å². The molecule has 0 N–H and O–H groups in total. The molecular formula is C23H32N2S. The minimum atomic E-state index is 1.11. The Balaban J connectivity index is 1.58. The van der Waals surface area contributed by atoms with Crippen LogP contribution in [0.3, 0.4) is 0 Å². The van der Waals surface area contributed by atoms with Crippen molar-refractivity contribution in [3.63, 3.8) is 0 Å². The highest BCUT2D eigenvalue weighted by molar-refractivity contribution is 7.99. The lowest BCUT2D eigenvalue weighted by atomic mass is 10.1. The monoisotopic (exact) mass is 368 g/mol. The Labute approximate surface area is 163 Å². The van der Waals surface area contributed by atoms with Crippen molar-refractivity contribution in [2.24, 2.45) is 0 Å². The van der Waals surface area contributed by atoms with Crippen LogP contribution in [0.4, 0.5) is 11.4 Å². The fourth-order valence-electron chi connectivity index (χ4n) is 3.68. The molecule has 0 saturated heterocycles. The molecule has 1 heterocycles. The molecule has 0 saturated carbocycles. The van der Waals surface area contributed by atoms with Crippen LogP contribution in [0.2, 0.25) is 0 Å². The highest BCUT2D eigenvalue weighted by Crippen LogP contribution is 2.48. The lowest BCUT2D eigenvalue weighted by molar-refractivity contribution is 0.324. The molecule has 2 aromatic rings. The zero-order valence-corrected chi connectivity index (χ0v) is 17.3. The van der Waals surface area contributed by atoms with Crippen molar-refractivity contribution < 1.29 is 0 Å². The molecule has 0 unspecified atom stereocenters. The smallest absolute Gasteiger partial charge is 0.0555 e. The van der Waals surface area contributed by atoms with Gasteiger partial charge in [-0.3, -0.25) is 0 Å². The van der Waals surface area contributed by atoms with Crippen LogP contribution < -0.4 is 4.90 Å². The number of benzene rings is 2. The Morgan fingerprint density at radius 3 is 2.50 bits per heavy atom. The summed E-state index contributed by atoms with van der Waals surface area (Å²) in [5.74, 6) is 0. The number of rotatable bonds is 9. The molecule has 0 aliphatic carbocycles. The van der Waals surface area contributed by atoms with Gasteiger partial charge < -0.3 is 9.80 Å². The SMILES string of the molecule is CCCN(C)CCCCCCN1c2ccccc2Sc2ccc(C)cc21. The maximum atomic E-state index is 2.54. The molecule has 2 aromatic carbocycles. The maximum Gasteiger partial charge on any atom is 0.0555 e. The van der Waals surface area contributed by atoms with Crippen molar-refractivity contribution in [2.75, 3.05) is 31.6 Å². The van der Waals surface area contributed by atoms with Crippen molar-refractivity contribution in [1.82, 2.24) is 4.90 Å². The molecule has 1 aliphatic rings. The minimum Gasteiger partial charge on any atom is -0.340 e. The van der Waals surface area contributed by atoms with E-state index in [1.54, 1.807) is 0 Å². The summed E-state index contributed by atoms with van der Waals surface area (Å²) < 4.78 is 0. The van der Waals surface area contributed by atoms with Crippen molar-refractivity contribution in [3.05, 3.63) is 48.0 Å². The fraction of sp³-hybridized carbons (Fsp3) is 0.478. The third kappa shape index (κ3) is 4.83.